The number of nitrogens with one attached hydrogen (secondary N) is 1. The SMILES string of the molecule is O=C(O)C1(CC2CCCc3ccccc32)CCNCC1. The topological polar surface area (TPSA) is 49.3 Å². The Labute approximate surface area is 120 Å². The standard InChI is InChI=1S/C17H23NO2/c19-16(20)17(8-10-18-11-9-17)12-14-6-3-5-13-4-1-2-7-15(13)14/h1-2,4,7,14,18H,3,5-6,8-12H2,(H,19,20). The molecule has 108 valence electrons. The number of carbonyl (C=O) groups is 1. The summed E-state index contributed by atoms with van der Waals surface area (Å²) in [5, 5.41) is 13.0. The lowest BCUT2D eigenvalue weighted by molar-refractivity contribution is -0.151. The number of piperidine rings is 1. The third-order valence-electron chi connectivity index (χ3n) is 5.15. The molecular weight excluding hydrogens is 250 g/mol. The Morgan fingerprint density at radius 1 is 1.30 bits per heavy atom. The van der Waals surface area contributed by atoms with Crippen molar-refractivity contribution in [1.29, 1.82) is 0 Å². The van der Waals surface area contributed by atoms with Gasteiger partial charge in [0.2, 0.25) is 0 Å². The van der Waals surface area contributed by atoms with E-state index in [1.807, 2.05) is 0 Å². The van der Waals surface area contributed by atoms with Crippen molar-refractivity contribution in [3.63, 3.8) is 0 Å². The van der Waals surface area contributed by atoms with Gasteiger partial charge in [0.1, 0.15) is 0 Å². The average molecular weight is 273 g/mol. The van der Waals surface area contributed by atoms with E-state index in [0.717, 1.165) is 45.2 Å². The van der Waals surface area contributed by atoms with Crippen LogP contribution >= 0.6 is 0 Å². The van der Waals surface area contributed by atoms with Crippen LogP contribution in [0, 0.1) is 5.41 Å². The first-order valence-corrected chi connectivity index (χ1v) is 7.73. The molecule has 1 aromatic carbocycles. The van der Waals surface area contributed by atoms with Crippen LogP contribution in [0.2, 0.25) is 0 Å². The van der Waals surface area contributed by atoms with Gasteiger partial charge in [-0.15, -0.1) is 0 Å². The maximum Gasteiger partial charge on any atom is 0.309 e. The van der Waals surface area contributed by atoms with Crippen molar-refractivity contribution in [3.8, 4) is 0 Å². The quantitative estimate of drug-likeness (QED) is 0.890. The predicted molar refractivity (Wildman–Crippen MR) is 78.9 cm³/mol. The number of hydrogen-bond donors (Lipinski definition) is 2. The molecule has 0 bridgehead atoms. The monoisotopic (exact) mass is 273 g/mol. The van der Waals surface area contributed by atoms with Gasteiger partial charge in [-0.2, -0.15) is 0 Å². The summed E-state index contributed by atoms with van der Waals surface area (Å²) in [6.45, 7) is 1.67. The van der Waals surface area contributed by atoms with Crippen molar-refractivity contribution in [1.82, 2.24) is 5.32 Å². The maximum atomic E-state index is 11.8. The maximum absolute atomic E-state index is 11.8. The van der Waals surface area contributed by atoms with Gasteiger partial charge >= 0.3 is 5.97 Å². The Morgan fingerprint density at radius 3 is 2.80 bits per heavy atom. The molecule has 2 N–H and O–H groups in total. The lowest BCUT2D eigenvalue weighted by Gasteiger charge is -2.38. The number of rotatable bonds is 3. The number of carboxylic acids is 1. The number of benzene rings is 1. The van der Waals surface area contributed by atoms with Gasteiger partial charge in [-0.05, 0) is 68.7 Å². The summed E-state index contributed by atoms with van der Waals surface area (Å²) in [5.74, 6) is -0.170. The summed E-state index contributed by atoms with van der Waals surface area (Å²) in [4.78, 5) is 11.8. The molecule has 1 heterocycles. The highest BCUT2D eigenvalue weighted by Gasteiger charge is 2.42. The summed E-state index contributed by atoms with van der Waals surface area (Å²) in [6, 6.07) is 8.60. The van der Waals surface area contributed by atoms with Gasteiger partial charge in [0.05, 0.1) is 5.41 Å². The fraction of sp³-hybridized carbons (Fsp3) is 0.588. The zero-order valence-electron chi connectivity index (χ0n) is 11.9. The Hall–Kier alpha value is -1.35. The van der Waals surface area contributed by atoms with Crippen LogP contribution in [0.15, 0.2) is 24.3 Å². The van der Waals surface area contributed by atoms with E-state index in [1.54, 1.807) is 0 Å². The first kappa shape index (κ1) is 13.6. The summed E-state index contributed by atoms with van der Waals surface area (Å²) in [6.07, 6.45) is 5.81. The molecule has 2 aliphatic rings. The van der Waals surface area contributed by atoms with Crippen molar-refractivity contribution in [2.45, 2.75) is 44.4 Å². The first-order chi connectivity index (χ1) is 9.71. The zero-order chi connectivity index (χ0) is 14.0. The third-order valence-corrected chi connectivity index (χ3v) is 5.15. The van der Waals surface area contributed by atoms with Gasteiger partial charge in [0.25, 0.3) is 0 Å². The second-order valence-corrected chi connectivity index (χ2v) is 6.33. The Kier molecular flexibility index (Phi) is 3.79. The summed E-state index contributed by atoms with van der Waals surface area (Å²) >= 11 is 0. The van der Waals surface area contributed by atoms with Crippen LogP contribution in [0.4, 0.5) is 0 Å². The van der Waals surface area contributed by atoms with Crippen molar-refractivity contribution in [2.75, 3.05) is 13.1 Å². The third kappa shape index (κ3) is 2.47. The van der Waals surface area contributed by atoms with Crippen molar-refractivity contribution in [3.05, 3.63) is 35.4 Å². The van der Waals surface area contributed by atoms with Crippen molar-refractivity contribution < 1.29 is 9.90 Å². The molecule has 0 saturated carbocycles. The molecule has 0 spiro atoms. The number of hydrogen-bond acceptors (Lipinski definition) is 2. The van der Waals surface area contributed by atoms with E-state index in [9.17, 15) is 9.90 Å². The van der Waals surface area contributed by atoms with Crippen LogP contribution in [0.25, 0.3) is 0 Å². The molecule has 20 heavy (non-hydrogen) atoms. The molecule has 1 aliphatic heterocycles. The van der Waals surface area contributed by atoms with Gasteiger partial charge in [-0.1, -0.05) is 24.3 Å². The van der Waals surface area contributed by atoms with Gasteiger partial charge in [0.15, 0.2) is 0 Å². The minimum absolute atomic E-state index is 0.425. The fourth-order valence-electron chi connectivity index (χ4n) is 3.95. The van der Waals surface area contributed by atoms with Gasteiger partial charge in [-0.25, -0.2) is 0 Å². The van der Waals surface area contributed by atoms with Crippen LogP contribution in [-0.2, 0) is 11.2 Å². The number of aryl methyl sites for hydroxylation is 1. The summed E-state index contributed by atoms with van der Waals surface area (Å²) in [5.41, 5.74) is 2.32. The highest BCUT2D eigenvalue weighted by atomic mass is 16.4. The molecule has 3 rings (SSSR count). The van der Waals surface area contributed by atoms with Gasteiger partial charge < -0.3 is 10.4 Å². The smallest absolute Gasteiger partial charge is 0.309 e. The fourth-order valence-corrected chi connectivity index (χ4v) is 3.95. The minimum Gasteiger partial charge on any atom is -0.481 e. The predicted octanol–water partition coefficient (Wildman–Crippen LogP) is 2.95. The van der Waals surface area contributed by atoms with Crippen LogP contribution in [-0.4, -0.2) is 24.2 Å². The van der Waals surface area contributed by atoms with Crippen LogP contribution in [0.1, 0.15) is 49.1 Å². The molecule has 0 amide bonds. The Balaban J connectivity index is 1.85. The van der Waals surface area contributed by atoms with Crippen LogP contribution in [0.5, 0.6) is 0 Å². The number of aliphatic carboxylic acids is 1. The highest BCUT2D eigenvalue weighted by Crippen LogP contribution is 2.44. The minimum atomic E-state index is -0.595. The van der Waals surface area contributed by atoms with E-state index in [4.69, 9.17) is 0 Å². The molecule has 1 aliphatic carbocycles. The van der Waals surface area contributed by atoms with Gasteiger partial charge in [0, 0.05) is 0 Å². The Bertz CT molecular complexity index is 492. The summed E-state index contributed by atoms with van der Waals surface area (Å²) in [7, 11) is 0. The van der Waals surface area contributed by atoms with Crippen molar-refractivity contribution >= 4 is 5.97 Å². The summed E-state index contributed by atoms with van der Waals surface area (Å²) < 4.78 is 0. The second kappa shape index (κ2) is 5.57. The second-order valence-electron chi connectivity index (χ2n) is 6.33. The van der Waals surface area contributed by atoms with Crippen molar-refractivity contribution in [2.24, 2.45) is 5.41 Å². The molecule has 1 aromatic rings. The molecule has 3 nitrogen and oxygen atoms in total. The highest BCUT2D eigenvalue weighted by molar-refractivity contribution is 5.75. The number of carboxylic acid groups (broad SMARTS) is 1. The van der Waals surface area contributed by atoms with E-state index in [1.165, 1.54) is 17.5 Å². The van der Waals surface area contributed by atoms with Gasteiger partial charge in [-0.3, -0.25) is 4.79 Å². The zero-order valence-corrected chi connectivity index (χ0v) is 11.9. The van der Waals surface area contributed by atoms with E-state index >= 15 is 0 Å². The molecule has 1 unspecified atom stereocenters. The normalized spacial score (nSPS) is 24.9. The number of fused-ring (bicyclic) bond motifs is 1. The van der Waals surface area contributed by atoms with E-state index in [0.29, 0.717) is 5.92 Å². The van der Waals surface area contributed by atoms with Crippen LogP contribution < -0.4 is 5.32 Å². The van der Waals surface area contributed by atoms with E-state index in [-0.39, 0.29) is 0 Å². The largest absolute Gasteiger partial charge is 0.481 e. The average Bonchev–Trinajstić information content (AvgIpc) is 2.48. The molecule has 0 aromatic heterocycles. The molecule has 1 saturated heterocycles. The molecule has 3 heteroatoms. The van der Waals surface area contributed by atoms with E-state index < -0.39 is 11.4 Å². The first-order valence-electron chi connectivity index (χ1n) is 7.73. The molecule has 1 atom stereocenters. The Morgan fingerprint density at radius 2 is 2.05 bits per heavy atom. The van der Waals surface area contributed by atoms with Crippen LogP contribution in [0.3, 0.4) is 0 Å². The molecular formula is C17H23NO2. The molecule has 0 radical (unpaired) electrons. The van der Waals surface area contributed by atoms with E-state index in [2.05, 4.69) is 29.6 Å². The lowest BCUT2D eigenvalue weighted by Crippen LogP contribution is -2.43. The molecule has 1 fully saturated rings. The lowest BCUT2D eigenvalue weighted by atomic mass is 9.68.